The van der Waals surface area contributed by atoms with Crippen molar-refractivity contribution in [3.63, 3.8) is 0 Å². The molecule has 0 unspecified atom stereocenters. The van der Waals surface area contributed by atoms with E-state index in [0.29, 0.717) is 32.6 Å². The number of para-hydroxylation sites is 1. The van der Waals surface area contributed by atoms with Gasteiger partial charge in [0.1, 0.15) is 0 Å². The lowest BCUT2D eigenvalue weighted by Crippen LogP contribution is -2.26. The number of benzene rings is 3. The summed E-state index contributed by atoms with van der Waals surface area (Å²) in [6, 6.07) is 15.5. The number of fused-ring (bicyclic) bond motifs is 4. The zero-order valence-corrected chi connectivity index (χ0v) is 20.8. The van der Waals surface area contributed by atoms with Crippen molar-refractivity contribution in [2.24, 2.45) is 0 Å². The van der Waals surface area contributed by atoms with Gasteiger partial charge in [-0.3, -0.25) is 9.59 Å². The summed E-state index contributed by atoms with van der Waals surface area (Å²) in [6.07, 6.45) is 5.32. The monoisotopic (exact) mass is 467 g/mol. The van der Waals surface area contributed by atoms with Gasteiger partial charge >= 0.3 is 0 Å². The quantitative estimate of drug-likeness (QED) is 0.251. The van der Waals surface area contributed by atoms with Crippen molar-refractivity contribution >= 4 is 49.3 Å². The number of aromatic amines is 2. The van der Waals surface area contributed by atoms with Gasteiger partial charge in [0.15, 0.2) is 10.9 Å². The van der Waals surface area contributed by atoms with E-state index in [9.17, 15) is 9.59 Å². The molecule has 5 heteroatoms. The van der Waals surface area contributed by atoms with Crippen LogP contribution < -0.4 is 15.8 Å². The molecule has 0 bridgehead atoms. The Morgan fingerprint density at radius 2 is 1.31 bits per heavy atom. The van der Waals surface area contributed by atoms with Crippen LogP contribution in [0.1, 0.15) is 52.0 Å². The first kappa shape index (κ1) is 23.2. The number of hydrogen-bond donors (Lipinski definition) is 2. The van der Waals surface area contributed by atoms with Crippen LogP contribution in [0, 0.1) is 0 Å². The Kier molecular flexibility index (Phi) is 6.33. The number of H-pyrrole nitrogens is 2. The van der Waals surface area contributed by atoms with Crippen LogP contribution in [0.4, 0.5) is 5.69 Å². The highest BCUT2D eigenvalue weighted by Gasteiger charge is 2.17. The van der Waals surface area contributed by atoms with Crippen molar-refractivity contribution in [1.29, 1.82) is 0 Å². The SMILES string of the molecule is CCCCN(CCCC)c1cc(CC)cc2c(=O)c3cc4[nH]c5ccccc5c(=O)c4cc3[nH]c12. The number of anilines is 1. The summed E-state index contributed by atoms with van der Waals surface area (Å²) in [6.45, 7) is 8.47. The molecule has 5 rings (SSSR count). The summed E-state index contributed by atoms with van der Waals surface area (Å²) in [5.74, 6) is 0. The van der Waals surface area contributed by atoms with E-state index in [1.54, 1.807) is 0 Å². The fourth-order valence-corrected chi connectivity index (χ4v) is 5.04. The average Bonchev–Trinajstić information content (AvgIpc) is 2.88. The molecule has 3 aromatic carbocycles. The van der Waals surface area contributed by atoms with Crippen LogP contribution in [-0.2, 0) is 6.42 Å². The van der Waals surface area contributed by atoms with Crippen molar-refractivity contribution in [3.05, 3.63) is 74.5 Å². The molecule has 0 aliphatic rings. The highest BCUT2D eigenvalue weighted by atomic mass is 16.1. The van der Waals surface area contributed by atoms with Gasteiger partial charge in [0.05, 0.1) is 22.2 Å². The molecule has 2 aromatic heterocycles. The molecule has 0 aliphatic carbocycles. The van der Waals surface area contributed by atoms with Gasteiger partial charge in [-0.15, -0.1) is 0 Å². The van der Waals surface area contributed by atoms with Gasteiger partial charge in [-0.2, -0.15) is 0 Å². The Bertz CT molecular complexity index is 1650. The molecule has 0 saturated heterocycles. The Balaban J connectivity index is 1.83. The van der Waals surface area contributed by atoms with E-state index in [4.69, 9.17) is 0 Å². The van der Waals surface area contributed by atoms with Gasteiger partial charge in [0.2, 0.25) is 0 Å². The fourth-order valence-electron chi connectivity index (χ4n) is 5.04. The molecule has 35 heavy (non-hydrogen) atoms. The molecule has 5 nitrogen and oxygen atoms in total. The number of nitrogens with one attached hydrogen (secondary N) is 2. The number of unbranched alkanes of at least 4 members (excludes halogenated alkanes) is 2. The number of aromatic nitrogens is 2. The molecule has 0 amide bonds. The second kappa shape index (κ2) is 9.57. The third-order valence-corrected chi connectivity index (χ3v) is 7.08. The Hall–Kier alpha value is -3.60. The van der Waals surface area contributed by atoms with Crippen molar-refractivity contribution < 1.29 is 0 Å². The van der Waals surface area contributed by atoms with Crippen LogP contribution in [0.3, 0.4) is 0 Å². The van der Waals surface area contributed by atoms with Gasteiger partial charge in [-0.25, -0.2) is 0 Å². The molecule has 0 spiro atoms. The zero-order valence-electron chi connectivity index (χ0n) is 20.8. The molecule has 5 aromatic rings. The summed E-state index contributed by atoms with van der Waals surface area (Å²) in [7, 11) is 0. The van der Waals surface area contributed by atoms with Crippen molar-refractivity contribution in [3.8, 4) is 0 Å². The van der Waals surface area contributed by atoms with E-state index in [2.05, 4.69) is 41.7 Å². The summed E-state index contributed by atoms with van der Waals surface area (Å²) in [4.78, 5) is 36.4. The van der Waals surface area contributed by atoms with Crippen LogP contribution in [0.5, 0.6) is 0 Å². The van der Waals surface area contributed by atoms with Crippen LogP contribution >= 0.6 is 0 Å². The predicted octanol–water partition coefficient (Wildman–Crippen LogP) is 6.65. The lowest BCUT2D eigenvalue weighted by Gasteiger charge is -2.27. The van der Waals surface area contributed by atoms with Crippen LogP contribution in [0.25, 0.3) is 43.6 Å². The summed E-state index contributed by atoms with van der Waals surface area (Å²) in [5, 5.41) is 2.56. The van der Waals surface area contributed by atoms with Gasteiger partial charge in [-0.05, 0) is 61.2 Å². The van der Waals surface area contributed by atoms with Crippen LogP contribution in [-0.4, -0.2) is 23.1 Å². The minimum atomic E-state index is -0.0220. The normalized spacial score (nSPS) is 11.7. The predicted molar refractivity (Wildman–Crippen MR) is 149 cm³/mol. The van der Waals surface area contributed by atoms with E-state index >= 15 is 0 Å². The Morgan fingerprint density at radius 1 is 0.686 bits per heavy atom. The number of hydrogen-bond acceptors (Lipinski definition) is 3. The first-order valence-electron chi connectivity index (χ1n) is 12.9. The van der Waals surface area contributed by atoms with Gasteiger partial charge < -0.3 is 14.9 Å². The van der Waals surface area contributed by atoms with Crippen molar-refractivity contribution in [2.45, 2.75) is 52.9 Å². The van der Waals surface area contributed by atoms with Gasteiger partial charge in [0.25, 0.3) is 0 Å². The molecule has 0 saturated carbocycles. The highest BCUT2D eigenvalue weighted by Crippen LogP contribution is 2.30. The van der Waals surface area contributed by atoms with E-state index < -0.39 is 0 Å². The summed E-state index contributed by atoms with van der Waals surface area (Å²) in [5.41, 5.74) is 5.27. The third-order valence-electron chi connectivity index (χ3n) is 7.08. The molecule has 0 radical (unpaired) electrons. The summed E-state index contributed by atoms with van der Waals surface area (Å²) < 4.78 is 0. The van der Waals surface area contributed by atoms with E-state index in [1.165, 1.54) is 0 Å². The largest absolute Gasteiger partial charge is 0.370 e. The smallest absolute Gasteiger partial charge is 0.197 e. The minimum Gasteiger partial charge on any atom is -0.370 e. The van der Waals surface area contributed by atoms with Crippen LogP contribution in [0.15, 0.2) is 58.1 Å². The second-order valence-electron chi connectivity index (χ2n) is 9.48. The third kappa shape index (κ3) is 4.09. The van der Waals surface area contributed by atoms with Crippen LogP contribution in [0.2, 0.25) is 0 Å². The molecule has 180 valence electrons. The van der Waals surface area contributed by atoms with E-state index in [1.807, 2.05) is 42.5 Å². The fraction of sp³-hybridized carbons (Fsp3) is 0.333. The lowest BCUT2D eigenvalue weighted by molar-refractivity contribution is 0.679. The molecule has 2 heterocycles. The number of nitrogens with zero attached hydrogens (tertiary/aromatic N) is 1. The minimum absolute atomic E-state index is 0.00661. The molecule has 0 atom stereocenters. The lowest BCUT2D eigenvalue weighted by atomic mass is 10.0. The zero-order chi connectivity index (χ0) is 24.5. The summed E-state index contributed by atoms with van der Waals surface area (Å²) >= 11 is 0. The van der Waals surface area contributed by atoms with Gasteiger partial charge in [-0.1, -0.05) is 45.7 Å². The molecule has 0 aliphatic heterocycles. The number of rotatable bonds is 8. The average molecular weight is 468 g/mol. The maximum Gasteiger partial charge on any atom is 0.197 e. The maximum atomic E-state index is 13.8. The molecular formula is C30H33N3O2. The highest BCUT2D eigenvalue weighted by molar-refractivity contribution is 6.04. The molecule has 0 fully saturated rings. The number of pyridine rings is 2. The van der Waals surface area contributed by atoms with Gasteiger partial charge in [0, 0.05) is 40.2 Å². The maximum absolute atomic E-state index is 13.8. The van der Waals surface area contributed by atoms with Crippen molar-refractivity contribution in [1.82, 2.24) is 9.97 Å². The standard InChI is InChI=1S/C30H33N3O2/c1-4-7-13-33(14-8-5-2)27-16-19(6-3)15-23-28(27)32-26-18-21-25(17-22(26)30(23)35)31-24-12-10-9-11-20(24)29(21)34/h9-12,15-18H,4-8,13-14H2,1-3H3,(H,31,34)(H,32,35). The van der Waals surface area contributed by atoms with Crippen molar-refractivity contribution in [2.75, 3.05) is 18.0 Å². The van der Waals surface area contributed by atoms with E-state index in [-0.39, 0.29) is 10.9 Å². The van der Waals surface area contributed by atoms with E-state index in [0.717, 1.165) is 67.5 Å². The number of aryl methyl sites for hydroxylation is 1. The topological polar surface area (TPSA) is 69.0 Å². The first-order chi connectivity index (χ1) is 17.0. The Morgan fingerprint density at radius 3 is 1.97 bits per heavy atom. The molecule has 2 N–H and O–H groups in total. The second-order valence-corrected chi connectivity index (χ2v) is 9.48. The Labute approximate surface area is 204 Å². The molecular weight excluding hydrogens is 434 g/mol. The first-order valence-corrected chi connectivity index (χ1v) is 12.9.